The Balaban J connectivity index is 1.79. The summed E-state index contributed by atoms with van der Waals surface area (Å²) in [4.78, 5) is 17.5. The number of fused-ring (bicyclic) bond motifs is 1. The highest BCUT2D eigenvalue weighted by Crippen LogP contribution is 2.49. The highest BCUT2D eigenvalue weighted by atomic mass is 79.9. The number of nitriles is 1. The van der Waals surface area contributed by atoms with Crippen molar-refractivity contribution in [3.8, 4) is 6.07 Å². The number of halogens is 1. The van der Waals surface area contributed by atoms with Gasteiger partial charge in [-0.2, -0.15) is 5.26 Å². The minimum Gasteiger partial charge on any atom is -0.384 e. The number of nitrogens with zero attached hydrogens (tertiary/aromatic N) is 2. The number of nitrogens with two attached hydrogens (primary N) is 1. The fourth-order valence-corrected chi connectivity index (χ4v) is 6.90. The normalized spacial score (nSPS) is 18.8. The SMILES string of the molecule is CCc1sc(C2C(C#N)=C(N)N(c3cccc4ccccc34)C3=C2C(=O)CCC3)cc1Br. The van der Waals surface area contributed by atoms with Gasteiger partial charge in [-0.15, -0.1) is 11.3 Å². The van der Waals surface area contributed by atoms with Gasteiger partial charge in [-0.1, -0.05) is 43.3 Å². The molecule has 0 bridgehead atoms. The summed E-state index contributed by atoms with van der Waals surface area (Å²) in [5.41, 5.74) is 9.77. The maximum atomic E-state index is 13.3. The number of rotatable bonds is 3. The van der Waals surface area contributed by atoms with Gasteiger partial charge in [0.1, 0.15) is 5.82 Å². The molecule has 160 valence electrons. The van der Waals surface area contributed by atoms with Crippen molar-refractivity contribution in [2.45, 2.75) is 38.5 Å². The number of ketones is 1. The van der Waals surface area contributed by atoms with Gasteiger partial charge in [0.15, 0.2) is 5.78 Å². The Morgan fingerprint density at radius 3 is 2.75 bits per heavy atom. The van der Waals surface area contributed by atoms with Gasteiger partial charge in [0.05, 0.1) is 23.2 Å². The van der Waals surface area contributed by atoms with Gasteiger partial charge < -0.3 is 5.73 Å². The molecule has 1 aromatic heterocycles. The molecular weight excluding hydrogens is 482 g/mol. The molecule has 2 N–H and O–H groups in total. The van der Waals surface area contributed by atoms with E-state index < -0.39 is 5.92 Å². The molecule has 0 amide bonds. The summed E-state index contributed by atoms with van der Waals surface area (Å²) >= 11 is 5.30. The first-order valence-electron chi connectivity index (χ1n) is 10.8. The quantitative estimate of drug-likeness (QED) is 0.440. The first-order valence-corrected chi connectivity index (χ1v) is 12.4. The standard InChI is InChI=1S/C26H22BrN3OS/c1-2-22-18(27)13-23(32-22)24-17(14-28)26(29)30(20-11-6-12-21(31)25(20)24)19-10-5-8-15-7-3-4-9-16(15)19/h3-5,7-10,13,24H,2,6,11-12,29H2,1H3. The van der Waals surface area contributed by atoms with Crippen LogP contribution < -0.4 is 10.6 Å². The zero-order valence-corrected chi connectivity index (χ0v) is 20.1. The van der Waals surface area contributed by atoms with Gasteiger partial charge in [0.2, 0.25) is 0 Å². The van der Waals surface area contributed by atoms with Crippen LogP contribution in [0, 0.1) is 11.3 Å². The lowest BCUT2D eigenvalue weighted by Gasteiger charge is -2.39. The van der Waals surface area contributed by atoms with E-state index in [-0.39, 0.29) is 5.78 Å². The summed E-state index contributed by atoms with van der Waals surface area (Å²) in [5, 5.41) is 12.4. The molecule has 1 aliphatic carbocycles. The van der Waals surface area contributed by atoms with Crippen molar-refractivity contribution in [3.63, 3.8) is 0 Å². The van der Waals surface area contributed by atoms with Gasteiger partial charge in [-0.25, -0.2) is 0 Å². The molecule has 5 rings (SSSR count). The number of benzene rings is 2. The second kappa shape index (κ2) is 8.23. The van der Waals surface area contributed by atoms with E-state index in [2.05, 4.69) is 53.2 Å². The van der Waals surface area contributed by atoms with E-state index in [0.29, 0.717) is 17.8 Å². The van der Waals surface area contributed by atoms with Crippen LogP contribution in [0.2, 0.25) is 0 Å². The third kappa shape index (κ3) is 3.19. The topological polar surface area (TPSA) is 70.1 Å². The molecule has 0 radical (unpaired) electrons. The lowest BCUT2D eigenvalue weighted by molar-refractivity contribution is -0.116. The van der Waals surface area contributed by atoms with Crippen molar-refractivity contribution in [2.24, 2.45) is 5.73 Å². The van der Waals surface area contributed by atoms with Crippen LogP contribution in [0.1, 0.15) is 41.9 Å². The zero-order valence-electron chi connectivity index (χ0n) is 17.7. The molecule has 2 aromatic carbocycles. The van der Waals surface area contributed by atoms with E-state index in [1.165, 1.54) is 4.88 Å². The van der Waals surface area contributed by atoms with Crippen LogP contribution in [0.5, 0.6) is 0 Å². The zero-order chi connectivity index (χ0) is 22.4. The molecular formula is C26H22BrN3OS. The van der Waals surface area contributed by atoms with Crippen molar-refractivity contribution >= 4 is 49.5 Å². The fraction of sp³-hybridized carbons (Fsp3) is 0.231. The Labute approximate surface area is 199 Å². The molecule has 1 atom stereocenters. The summed E-state index contributed by atoms with van der Waals surface area (Å²) in [6, 6.07) is 18.6. The smallest absolute Gasteiger partial charge is 0.161 e. The van der Waals surface area contributed by atoms with Crippen LogP contribution in [0.15, 0.2) is 75.7 Å². The predicted molar refractivity (Wildman–Crippen MR) is 133 cm³/mol. The van der Waals surface area contributed by atoms with Crippen molar-refractivity contribution in [3.05, 3.63) is 85.4 Å². The summed E-state index contributed by atoms with van der Waals surface area (Å²) in [6.07, 6.45) is 2.94. The van der Waals surface area contributed by atoms with Crippen LogP contribution in [0.3, 0.4) is 0 Å². The molecule has 4 nitrogen and oxygen atoms in total. The van der Waals surface area contributed by atoms with Gasteiger partial charge in [0, 0.05) is 37.3 Å². The van der Waals surface area contributed by atoms with Crippen molar-refractivity contribution < 1.29 is 4.79 Å². The minimum atomic E-state index is -0.407. The maximum absolute atomic E-state index is 13.3. The molecule has 0 spiro atoms. The van der Waals surface area contributed by atoms with Crippen LogP contribution >= 0.6 is 27.3 Å². The first-order chi connectivity index (χ1) is 15.5. The Morgan fingerprint density at radius 1 is 1.22 bits per heavy atom. The first kappa shape index (κ1) is 21.0. The molecule has 1 aliphatic heterocycles. The van der Waals surface area contributed by atoms with Crippen LogP contribution in [0.25, 0.3) is 10.8 Å². The lowest BCUT2D eigenvalue weighted by atomic mass is 9.78. The molecule has 2 aliphatic rings. The molecule has 1 unspecified atom stereocenters. The van der Waals surface area contributed by atoms with E-state index in [1.807, 2.05) is 29.2 Å². The number of hydrogen-bond acceptors (Lipinski definition) is 5. The molecule has 0 fully saturated rings. The Bertz CT molecular complexity index is 1360. The number of anilines is 1. The second-order valence-corrected chi connectivity index (χ2v) is 10.1. The van der Waals surface area contributed by atoms with E-state index in [4.69, 9.17) is 5.73 Å². The summed E-state index contributed by atoms with van der Waals surface area (Å²) in [7, 11) is 0. The van der Waals surface area contributed by atoms with Crippen molar-refractivity contribution in [1.82, 2.24) is 0 Å². The third-order valence-electron chi connectivity index (χ3n) is 6.30. The fourth-order valence-electron chi connectivity index (χ4n) is 4.86. The van der Waals surface area contributed by atoms with E-state index in [0.717, 1.165) is 56.3 Å². The van der Waals surface area contributed by atoms with Gasteiger partial charge >= 0.3 is 0 Å². The Hall–Kier alpha value is -2.88. The lowest BCUT2D eigenvalue weighted by Crippen LogP contribution is -2.38. The number of hydrogen-bond donors (Lipinski definition) is 1. The maximum Gasteiger partial charge on any atom is 0.161 e. The van der Waals surface area contributed by atoms with Crippen LogP contribution in [-0.2, 0) is 11.2 Å². The van der Waals surface area contributed by atoms with Crippen LogP contribution in [0.4, 0.5) is 5.69 Å². The highest BCUT2D eigenvalue weighted by Gasteiger charge is 2.41. The average molecular weight is 504 g/mol. The highest BCUT2D eigenvalue weighted by molar-refractivity contribution is 9.10. The van der Waals surface area contributed by atoms with E-state index >= 15 is 0 Å². The van der Waals surface area contributed by atoms with E-state index in [9.17, 15) is 10.1 Å². The minimum absolute atomic E-state index is 0.115. The molecule has 0 saturated carbocycles. The van der Waals surface area contributed by atoms with Crippen molar-refractivity contribution in [2.75, 3.05) is 4.90 Å². The van der Waals surface area contributed by atoms with Gasteiger partial charge in [-0.3, -0.25) is 9.69 Å². The average Bonchev–Trinajstić information content (AvgIpc) is 3.18. The largest absolute Gasteiger partial charge is 0.384 e. The molecule has 3 aromatic rings. The molecule has 0 saturated heterocycles. The van der Waals surface area contributed by atoms with E-state index in [1.54, 1.807) is 11.3 Å². The number of carbonyl (C=O) groups is 1. The monoisotopic (exact) mass is 503 g/mol. The number of allylic oxidation sites excluding steroid dienone is 3. The number of carbonyl (C=O) groups excluding carboxylic acids is 1. The Morgan fingerprint density at radius 2 is 2.00 bits per heavy atom. The molecule has 6 heteroatoms. The summed E-state index contributed by atoms with van der Waals surface area (Å²) < 4.78 is 1.03. The predicted octanol–water partition coefficient (Wildman–Crippen LogP) is 6.53. The number of thiophene rings is 1. The third-order valence-corrected chi connectivity index (χ3v) is 8.62. The van der Waals surface area contributed by atoms with Gasteiger partial charge in [-0.05, 0) is 52.7 Å². The number of aryl methyl sites for hydroxylation is 1. The summed E-state index contributed by atoms with van der Waals surface area (Å²) in [5.74, 6) is 0.129. The van der Waals surface area contributed by atoms with Gasteiger partial charge in [0.25, 0.3) is 0 Å². The second-order valence-electron chi connectivity index (χ2n) is 8.09. The van der Waals surface area contributed by atoms with Crippen LogP contribution in [-0.4, -0.2) is 5.78 Å². The number of Topliss-reactive ketones (excluding diaryl/α,β-unsaturated/α-hetero) is 1. The molecule has 2 heterocycles. The van der Waals surface area contributed by atoms with Crippen molar-refractivity contribution in [1.29, 1.82) is 5.26 Å². The summed E-state index contributed by atoms with van der Waals surface area (Å²) in [6.45, 7) is 2.11. The Kier molecular flexibility index (Phi) is 5.40. The molecule has 32 heavy (non-hydrogen) atoms.